The summed E-state index contributed by atoms with van der Waals surface area (Å²) in [7, 11) is 0. The predicted octanol–water partition coefficient (Wildman–Crippen LogP) is 3.18. The van der Waals surface area contributed by atoms with Gasteiger partial charge in [-0.15, -0.1) is 11.8 Å². The minimum atomic E-state index is 0.733. The minimum absolute atomic E-state index is 0.733. The van der Waals surface area contributed by atoms with Gasteiger partial charge in [-0.3, -0.25) is 10.00 Å². The SMILES string of the molecule is Cc1cccc(SC2CCN(Cc3n[nH]c(C)n3)CC2)c1. The van der Waals surface area contributed by atoms with Crippen molar-refractivity contribution in [1.29, 1.82) is 0 Å². The van der Waals surface area contributed by atoms with Crippen LogP contribution in [0.25, 0.3) is 0 Å². The highest BCUT2D eigenvalue weighted by molar-refractivity contribution is 8.00. The smallest absolute Gasteiger partial charge is 0.164 e. The third kappa shape index (κ3) is 4.08. The Bertz CT molecular complexity index is 587. The molecule has 21 heavy (non-hydrogen) atoms. The van der Waals surface area contributed by atoms with E-state index in [0.717, 1.165) is 36.5 Å². The molecular formula is C16H22N4S. The minimum Gasteiger partial charge on any atom is -0.296 e. The third-order valence-corrected chi connectivity index (χ3v) is 5.17. The van der Waals surface area contributed by atoms with Gasteiger partial charge in [-0.25, -0.2) is 4.98 Å². The molecule has 0 saturated carbocycles. The van der Waals surface area contributed by atoms with Crippen molar-refractivity contribution in [3.63, 3.8) is 0 Å². The number of likely N-dealkylation sites (tertiary alicyclic amines) is 1. The van der Waals surface area contributed by atoms with Gasteiger partial charge in [0.2, 0.25) is 0 Å². The second-order valence-electron chi connectivity index (χ2n) is 5.75. The third-order valence-electron chi connectivity index (χ3n) is 3.84. The number of H-pyrrole nitrogens is 1. The second-order valence-corrected chi connectivity index (χ2v) is 7.12. The van der Waals surface area contributed by atoms with Crippen molar-refractivity contribution in [2.24, 2.45) is 0 Å². The van der Waals surface area contributed by atoms with E-state index in [4.69, 9.17) is 0 Å². The van der Waals surface area contributed by atoms with Gasteiger partial charge in [0.1, 0.15) is 5.82 Å². The molecule has 4 nitrogen and oxygen atoms in total. The van der Waals surface area contributed by atoms with Gasteiger partial charge < -0.3 is 0 Å². The van der Waals surface area contributed by atoms with E-state index in [2.05, 4.69) is 51.3 Å². The summed E-state index contributed by atoms with van der Waals surface area (Å²) in [6.07, 6.45) is 2.48. The fourth-order valence-electron chi connectivity index (χ4n) is 2.73. The number of nitrogens with zero attached hydrogens (tertiary/aromatic N) is 3. The van der Waals surface area contributed by atoms with Gasteiger partial charge in [-0.2, -0.15) is 5.10 Å². The van der Waals surface area contributed by atoms with Gasteiger partial charge in [0, 0.05) is 10.1 Å². The number of benzene rings is 1. The van der Waals surface area contributed by atoms with E-state index in [1.54, 1.807) is 0 Å². The molecule has 5 heteroatoms. The molecule has 0 unspecified atom stereocenters. The van der Waals surface area contributed by atoms with Crippen molar-refractivity contribution in [2.75, 3.05) is 13.1 Å². The summed E-state index contributed by atoms with van der Waals surface area (Å²) in [5.74, 6) is 1.81. The lowest BCUT2D eigenvalue weighted by Crippen LogP contribution is -2.34. The molecule has 1 aromatic carbocycles. The number of piperidine rings is 1. The summed E-state index contributed by atoms with van der Waals surface area (Å²) in [6, 6.07) is 8.82. The molecule has 1 fully saturated rings. The molecule has 1 aliphatic heterocycles. The van der Waals surface area contributed by atoms with Crippen LogP contribution in [0.4, 0.5) is 0 Å². The van der Waals surface area contributed by atoms with E-state index in [1.807, 2.05) is 18.7 Å². The Kier molecular flexibility index (Phi) is 4.60. The molecule has 1 aliphatic rings. The summed E-state index contributed by atoms with van der Waals surface area (Å²) >= 11 is 2.03. The molecule has 1 aromatic heterocycles. The topological polar surface area (TPSA) is 44.8 Å². The Labute approximate surface area is 130 Å². The first kappa shape index (κ1) is 14.6. The van der Waals surface area contributed by atoms with E-state index in [-0.39, 0.29) is 0 Å². The Morgan fingerprint density at radius 1 is 1.29 bits per heavy atom. The zero-order valence-electron chi connectivity index (χ0n) is 12.7. The summed E-state index contributed by atoms with van der Waals surface area (Å²) in [5.41, 5.74) is 1.34. The van der Waals surface area contributed by atoms with Gasteiger partial charge in [0.15, 0.2) is 5.82 Å². The van der Waals surface area contributed by atoms with E-state index in [9.17, 15) is 0 Å². The maximum absolute atomic E-state index is 4.39. The number of aromatic nitrogens is 3. The monoisotopic (exact) mass is 302 g/mol. The standard InChI is InChI=1S/C16H22N4S/c1-12-4-3-5-15(10-12)21-14-6-8-20(9-7-14)11-16-17-13(2)18-19-16/h3-5,10,14H,6-9,11H2,1-2H3,(H,17,18,19). The molecule has 3 rings (SSSR count). The molecule has 2 aromatic rings. The number of hydrogen-bond acceptors (Lipinski definition) is 4. The Hall–Kier alpha value is -1.33. The number of nitrogens with one attached hydrogen (secondary N) is 1. The molecule has 1 saturated heterocycles. The molecular weight excluding hydrogens is 280 g/mol. The fourth-order valence-corrected chi connectivity index (χ4v) is 3.97. The first-order valence-electron chi connectivity index (χ1n) is 7.52. The maximum Gasteiger partial charge on any atom is 0.164 e. The zero-order valence-corrected chi connectivity index (χ0v) is 13.5. The average molecular weight is 302 g/mol. The number of rotatable bonds is 4. The maximum atomic E-state index is 4.39. The Balaban J connectivity index is 1.48. The largest absolute Gasteiger partial charge is 0.296 e. The van der Waals surface area contributed by atoms with Gasteiger partial charge in [0.25, 0.3) is 0 Å². The van der Waals surface area contributed by atoms with Crippen LogP contribution >= 0.6 is 11.8 Å². The van der Waals surface area contributed by atoms with E-state index >= 15 is 0 Å². The lowest BCUT2D eigenvalue weighted by Gasteiger charge is -2.30. The molecule has 2 heterocycles. The number of hydrogen-bond donors (Lipinski definition) is 1. The highest BCUT2D eigenvalue weighted by atomic mass is 32.2. The van der Waals surface area contributed by atoms with Crippen LogP contribution in [0.1, 0.15) is 30.1 Å². The van der Waals surface area contributed by atoms with E-state index < -0.39 is 0 Å². The highest BCUT2D eigenvalue weighted by Crippen LogP contribution is 2.30. The van der Waals surface area contributed by atoms with Crippen molar-refractivity contribution in [2.45, 2.75) is 43.4 Å². The lowest BCUT2D eigenvalue weighted by molar-refractivity contribution is 0.220. The van der Waals surface area contributed by atoms with Gasteiger partial charge in [-0.05, 0) is 51.9 Å². The van der Waals surface area contributed by atoms with Crippen molar-refractivity contribution in [3.05, 3.63) is 41.5 Å². The van der Waals surface area contributed by atoms with Crippen LogP contribution in [0.15, 0.2) is 29.2 Å². The van der Waals surface area contributed by atoms with Crippen molar-refractivity contribution in [3.8, 4) is 0 Å². The number of thioether (sulfide) groups is 1. The van der Waals surface area contributed by atoms with Gasteiger partial charge in [0.05, 0.1) is 6.54 Å². The van der Waals surface area contributed by atoms with Crippen LogP contribution in [0.5, 0.6) is 0 Å². The highest BCUT2D eigenvalue weighted by Gasteiger charge is 2.21. The summed E-state index contributed by atoms with van der Waals surface area (Å²) < 4.78 is 0. The molecule has 0 bridgehead atoms. The van der Waals surface area contributed by atoms with Gasteiger partial charge in [-0.1, -0.05) is 17.7 Å². The average Bonchev–Trinajstić information content (AvgIpc) is 2.86. The first-order valence-corrected chi connectivity index (χ1v) is 8.40. The first-order chi connectivity index (χ1) is 10.2. The summed E-state index contributed by atoms with van der Waals surface area (Å²) in [5, 5.41) is 7.87. The summed E-state index contributed by atoms with van der Waals surface area (Å²) in [4.78, 5) is 8.24. The van der Waals surface area contributed by atoms with E-state index in [1.165, 1.54) is 23.3 Å². The van der Waals surface area contributed by atoms with Gasteiger partial charge >= 0.3 is 0 Å². The Morgan fingerprint density at radius 2 is 2.10 bits per heavy atom. The van der Waals surface area contributed by atoms with Crippen LogP contribution in [0.3, 0.4) is 0 Å². The molecule has 112 valence electrons. The van der Waals surface area contributed by atoms with Crippen molar-refractivity contribution in [1.82, 2.24) is 20.1 Å². The van der Waals surface area contributed by atoms with Crippen LogP contribution in [0, 0.1) is 13.8 Å². The quantitative estimate of drug-likeness (QED) is 0.942. The fraction of sp³-hybridized carbons (Fsp3) is 0.500. The lowest BCUT2D eigenvalue weighted by atomic mass is 10.1. The molecule has 0 atom stereocenters. The van der Waals surface area contributed by atoms with Crippen LogP contribution in [-0.2, 0) is 6.54 Å². The molecule has 0 aliphatic carbocycles. The van der Waals surface area contributed by atoms with Crippen LogP contribution < -0.4 is 0 Å². The Morgan fingerprint density at radius 3 is 2.76 bits per heavy atom. The van der Waals surface area contributed by atoms with Crippen molar-refractivity contribution < 1.29 is 0 Å². The van der Waals surface area contributed by atoms with Crippen LogP contribution in [0.2, 0.25) is 0 Å². The second kappa shape index (κ2) is 6.62. The normalized spacial score (nSPS) is 17.2. The van der Waals surface area contributed by atoms with Crippen molar-refractivity contribution >= 4 is 11.8 Å². The predicted molar refractivity (Wildman–Crippen MR) is 86.5 cm³/mol. The van der Waals surface area contributed by atoms with Crippen LogP contribution in [-0.4, -0.2) is 38.4 Å². The summed E-state index contributed by atoms with van der Waals surface area (Å²) in [6.45, 7) is 7.24. The zero-order chi connectivity index (χ0) is 14.7. The molecule has 0 radical (unpaired) electrons. The molecule has 1 N–H and O–H groups in total. The number of aromatic amines is 1. The van der Waals surface area contributed by atoms with E-state index in [0.29, 0.717) is 0 Å². The molecule has 0 spiro atoms. The number of aryl methyl sites for hydroxylation is 2. The molecule has 0 amide bonds.